The van der Waals surface area contributed by atoms with Gasteiger partial charge in [0.15, 0.2) is 0 Å². The Morgan fingerprint density at radius 3 is 1.60 bits per heavy atom. The zero-order chi connectivity index (χ0) is 17.2. The Hall–Kier alpha value is -0.120. The van der Waals surface area contributed by atoms with Crippen LogP contribution in [0.3, 0.4) is 0 Å². The fourth-order valence-corrected chi connectivity index (χ4v) is 4.87. The first kappa shape index (κ1) is 19.6. The number of ether oxygens (including phenoxy) is 3. The van der Waals surface area contributed by atoms with Gasteiger partial charge in [-0.25, -0.2) is 0 Å². The normalized spacial score (nSPS) is 29.8. The van der Waals surface area contributed by atoms with E-state index in [-0.39, 0.29) is 0 Å². The lowest BCUT2D eigenvalue weighted by atomic mass is 9.89. The molecule has 0 aromatic rings. The molecule has 3 nitrogen and oxygen atoms in total. The van der Waals surface area contributed by atoms with E-state index in [4.69, 9.17) is 14.2 Å². The van der Waals surface area contributed by atoms with Gasteiger partial charge < -0.3 is 14.2 Å². The lowest BCUT2D eigenvalue weighted by Crippen LogP contribution is -2.29. The third-order valence-electron chi connectivity index (χ3n) is 6.57. The Labute approximate surface area is 155 Å². The van der Waals surface area contributed by atoms with Crippen LogP contribution in [0.25, 0.3) is 0 Å². The van der Waals surface area contributed by atoms with Gasteiger partial charge in [-0.3, -0.25) is 0 Å². The number of rotatable bonds is 9. The Balaban J connectivity index is 1.16. The van der Waals surface area contributed by atoms with Crippen molar-refractivity contribution in [3.8, 4) is 0 Å². The topological polar surface area (TPSA) is 27.7 Å². The van der Waals surface area contributed by atoms with Crippen LogP contribution < -0.4 is 0 Å². The van der Waals surface area contributed by atoms with Crippen LogP contribution in [-0.2, 0) is 14.2 Å². The van der Waals surface area contributed by atoms with Crippen LogP contribution in [-0.4, -0.2) is 38.6 Å². The lowest BCUT2D eigenvalue weighted by molar-refractivity contribution is -0.0558. The fourth-order valence-electron chi connectivity index (χ4n) is 4.87. The first-order valence-electron chi connectivity index (χ1n) is 11.2. The molecule has 3 saturated carbocycles. The van der Waals surface area contributed by atoms with Crippen LogP contribution in [0.15, 0.2) is 0 Å². The molecule has 3 fully saturated rings. The molecule has 25 heavy (non-hydrogen) atoms. The maximum Gasteiger partial charge on any atom is 0.0704 e. The highest BCUT2D eigenvalue weighted by Crippen LogP contribution is 2.28. The molecule has 0 aromatic heterocycles. The molecular weight excluding hydrogens is 312 g/mol. The van der Waals surface area contributed by atoms with Gasteiger partial charge in [-0.1, -0.05) is 38.5 Å². The highest BCUT2D eigenvalue weighted by atomic mass is 16.5. The van der Waals surface area contributed by atoms with E-state index in [2.05, 4.69) is 0 Å². The predicted molar refractivity (Wildman–Crippen MR) is 102 cm³/mol. The number of hydrogen-bond donors (Lipinski definition) is 0. The maximum atomic E-state index is 6.20. The monoisotopic (exact) mass is 352 g/mol. The highest BCUT2D eigenvalue weighted by Gasteiger charge is 2.23. The smallest absolute Gasteiger partial charge is 0.0704 e. The van der Waals surface area contributed by atoms with Crippen LogP contribution in [0.5, 0.6) is 0 Å². The summed E-state index contributed by atoms with van der Waals surface area (Å²) in [7, 11) is 0. The molecule has 3 rings (SSSR count). The van der Waals surface area contributed by atoms with Crippen molar-refractivity contribution in [2.45, 2.75) is 102 Å². The van der Waals surface area contributed by atoms with E-state index in [1.165, 1.54) is 77.0 Å². The molecule has 0 amide bonds. The van der Waals surface area contributed by atoms with E-state index in [0.717, 1.165) is 51.1 Å². The van der Waals surface area contributed by atoms with Crippen LogP contribution in [0.1, 0.15) is 89.9 Å². The molecule has 0 saturated heterocycles. The molecule has 0 spiro atoms. The number of hydrogen-bond acceptors (Lipinski definition) is 3. The third-order valence-corrected chi connectivity index (χ3v) is 6.57. The van der Waals surface area contributed by atoms with Gasteiger partial charge >= 0.3 is 0 Å². The minimum atomic E-state index is 0.438. The van der Waals surface area contributed by atoms with Gasteiger partial charge in [0.1, 0.15) is 0 Å². The minimum absolute atomic E-state index is 0.438. The van der Waals surface area contributed by atoms with Crippen molar-refractivity contribution in [3.05, 3.63) is 0 Å². The van der Waals surface area contributed by atoms with Crippen molar-refractivity contribution in [3.63, 3.8) is 0 Å². The second-order valence-corrected chi connectivity index (χ2v) is 8.69. The van der Waals surface area contributed by atoms with E-state index in [1.807, 2.05) is 0 Å². The van der Waals surface area contributed by atoms with Crippen molar-refractivity contribution >= 4 is 0 Å². The van der Waals surface area contributed by atoms with Crippen molar-refractivity contribution < 1.29 is 14.2 Å². The van der Waals surface area contributed by atoms with E-state index >= 15 is 0 Å². The molecule has 0 unspecified atom stereocenters. The Morgan fingerprint density at radius 2 is 1.00 bits per heavy atom. The van der Waals surface area contributed by atoms with Crippen molar-refractivity contribution in [1.82, 2.24) is 0 Å². The maximum absolute atomic E-state index is 6.20. The molecule has 3 heteroatoms. The second kappa shape index (κ2) is 11.6. The summed E-state index contributed by atoms with van der Waals surface area (Å²) in [4.78, 5) is 0. The van der Waals surface area contributed by atoms with Gasteiger partial charge in [0.05, 0.1) is 25.4 Å². The largest absolute Gasteiger partial charge is 0.379 e. The van der Waals surface area contributed by atoms with E-state index in [1.54, 1.807) is 0 Å². The standard InChI is InChI=1S/C22H40O3/c1-3-7-19(8-4-1)17-23-15-16-24-21-11-13-22(14-12-21)25-18-20-9-5-2-6-10-20/h19-22H,1-18H2. The summed E-state index contributed by atoms with van der Waals surface area (Å²) in [5.41, 5.74) is 0. The molecule has 146 valence electrons. The van der Waals surface area contributed by atoms with Crippen LogP contribution in [0.2, 0.25) is 0 Å². The zero-order valence-electron chi connectivity index (χ0n) is 16.3. The van der Waals surface area contributed by atoms with Crippen LogP contribution in [0.4, 0.5) is 0 Å². The summed E-state index contributed by atoms with van der Waals surface area (Å²) >= 11 is 0. The van der Waals surface area contributed by atoms with Gasteiger partial charge in [-0.15, -0.1) is 0 Å². The van der Waals surface area contributed by atoms with Crippen molar-refractivity contribution in [2.24, 2.45) is 11.8 Å². The Morgan fingerprint density at radius 1 is 0.480 bits per heavy atom. The van der Waals surface area contributed by atoms with Crippen LogP contribution >= 0.6 is 0 Å². The Kier molecular flexibility index (Phi) is 9.08. The predicted octanol–water partition coefficient (Wildman–Crippen LogP) is 5.51. The molecular formula is C22H40O3. The second-order valence-electron chi connectivity index (χ2n) is 8.69. The van der Waals surface area contributed by atoms with Crippen molar-refractivity contribution in [2.75, 3.05) is 26.4 Å². The Bertz CT molecular complexity index is 323. The van der Waals surface area contributed by atoms with Gasteiger partial charge in [-0.05, 0) is 63.2 Å². The van der Waals surface area contributed by atoms with E-state index in [9.17, 15) is 0 Å². The van der Waals surface area contributed by atoms with Crippen molar-refractivity contribution in [1.29, 1.82) is 0 Å². The molecule has 0 radical (unpaired) electrons. The molecule has 0 aromatic carbocycles. The molecule has 0 N–H and O–H groups in total. The quantitative estimate of drug-likeness (QED) is 0.512. The summed E-state index contributed by atoms with van der Waals surface area (Å²) < 4.78 is 18.1. The van der Waals surface area contributed by atoms with E-state index in [0.29, 0.717) is 12.2 Å². The summed E-state index contributed by atoms with van der Waals surface area (Å²) in [5, 5.41) is 0. The minimum Gasteiger partial charge on any atom is -0.379 e. The summed E-state index contributed by atoms with van der Waals surface area (Å²) in [5.74, 6) is 1.65. The highest BCUT2D eigenvalue weighted by molar-refractivity contribution is 4.74. The third kappa shape index (κ3) is 7.56. The van der Waals surface area contributed by atoms with E-state index < -0.39 is 0 Å². The fraction of sp³-hybridized carbons (Fsp3) is 1.00. The van der Waals surface area contributed by atoms with Gasteiger partial charge in [0, 0.05) is 13.2 Å². The van der Waals surface area contributed by atoms with Crippen LogP contribution in [0, 0.1) is 11.8 Å². The first-order chi connectivity index (χ1) is 12.4. The SMILES string of the molecule is C1CCC(COCCOC2CCC(OCC3CCCCC3)CC2)CC1. The molecule has 3 aliphatic rings. The van der Waals surface area contributed by atoms with Gasteiger partial charge in [-0.2, -0.15) is 0 Å². The summed E-state index contributed by atoms with van der Waals surface area (Å²) in [6.07, 6.45) is 19.6. The molecule has 3 aliphatic carbocycles. The lowest BCUT2D eigenvalue weighted by Gasteiger charge is -2.30. The summed E-state index contributed by atoms with van der Waals surface area (Å²) in [6, 6.07) is 0. The van der Waals surface area contributed by atoms with Gasteiger partial charge in [0.25, 0.3) is 0 Å². The molecule has 0 heterocycles. The zero-order valence-corrected chi connectivity index (χ0v) is 16.3. The molecule has 0 bridgehead atoms. The first-order valence-corrected chi connectivity index (χ1v) is 11.2. The average Bonchev–Trinajstić information content (AvgIpc) is 2.69. The molecule has 0 aliphatic heterocycles. The van der Waals surface area contributed by atoms with Gasteiger partial charge in [0.2, 0.25) is 0 Å². The average molecular weight is 353 g/mol. The molecule has 0 atom stereocenters. The summed E-state index contributed by atoms with van der Waals surface area (Å²) in [6.45, 7) is 3.50.